The maximum Gasteiger partial charge on any atom is 0.307 e. The van der Waals surface area contributed by atoms with E-state index in [1.807, 2.05) is 65.2 Å². The lowest BCUT2D eigenvalue weighted by Gasteiger charge is -2.28. The van der Waals surface area contributed by atoms with Gasteiger partial charge in [0.15, 0.2) is 0 Å². The second-order valence-electron chi connectivity index (χ2n) is 10.1. The van der Waals surface area contributed by atoms with Crippen LogP contribution in [0, 0.1) is 11.7 Å². The standard InChI is InChI=1S/C31H27BrFN3O3/c32-21-11-9-20(26(33)15-21)17-36-29-14-13-23(39-18-22-12-10-19-5-1-4-8-27(19)34-22)16-28(29)35-30(36)24-6-2-3-7-25(24)31(37)38/h1,4-5,8-16,24-25H,2-3,6-7,17-18H2,(H,37,38)/t24-,25-/m1/s1. The summed E-state index contributed by atoms with van der Waals surface area (Å²) in [4.78, 5) is 21.8. The number of para-hydroxylation sites is 1. The number of hydrogen-bond acceptors (Lipinski definition) is 4. The SMILES string of the molecule is O=C(O)[C@@H]1CCCC[C@H]1c1nc2cc(OCc3ccc4ccccc4n3)ccc2n1Cc1ccc(Br)cc1F. The Hall–Kier alpha value is -3.78. The van der Waals surface area contributed by atoms with Crippen LogP contribution in [0.3, 0.4) is 0 Å². The van der Waals surface area contributed by atoms with Gasteiger partial charge >= 0.3 is 5.97 Å². The quantitative estimate of drug-likeness (QED) is 0.214. The molecule has 8 heteroatoms. The third-order valence-electron chi connectivity index (χ3n) is 7.55. The van der Waals surface area contributed by atoms with Gasteiger partial charge in [-0.2, -0.15) is 0 Å². The third kappa shape index (κ3) is 5.26. The van der Waals surface area contributed by atoms with E-state index in [9.17, 15) is 14.3 Å². The molecule has 1 saturated carbocycles. The molecule has 2 atom stereocenters. The number of carboxylic acid groups (broad SMARTS) is 1. The molecule has 1 aliphatic rings. The highest BCUT2D eigenvalue weighted by molar-refractivity contribution is 9.10. The minimum absolute atomic E-state index is 0.242. The zero-order valence-corrected chi connectivity index (χ0v) is 22.8. The van der Waals surface area contributed by atoms with Gasteiger partial charge in [-0.15, -0.1) is 0 Å². The average molecular weight is 588 g/mol. The monoisotopic (exact) mass is 587 g/mol. The molecule has 5 aromatic rings. The number of fused-ring (bicyclic) bond motifs is 2. The molecule has 0 spiro atoms. The van der Waals surface area contributed by atoms with Gasteiger partial charge in [0.25, 0.3) is 0 Å². The van der Waals surface area contributed by atoms with Crippen LogP contribution >= 0.6 is 15.9 Å². The number of aromatic nitrogens is 3. The second kappa shape index (κ2) is 10.8. The number of carboxylic acids is 1. The first-order chi connectivity index (χ1) is 19.0. The fraction of sp³-hybridized carbons (Fsp3) is 0.258. The first-order valence-corrected chi connectivity index (χ1v) is 13.9. The van der Waals surface area contributed by atoms with Crippen molar-refractivity contribution in [3.05, 3.63) is 100 Å². The number of nitrogens with zero attached hydrogens (tertiary/aromatic N) is 3. The fourth-order valence-electron chi connectivity index (χ4n) is 5.57. The molecule has 0 aliphatic heterocycles. The maximum atomic E-state index is 14.9. The summed E-state index contributed by atoms with van der Waals surface area (Å²) in [6.07, 6.45) is 3.18. The molecule has 3 aromatic carbocycles. The zero-order chi connectivity index (χ0) is 26.9. The zero-order valence-electron chi connectivity index (χ0n) is 21.2. The van der Waals surface area contributed by atoms with Gasteiger partial charge in [-0.05, 0) is 49.2 Å². The van der Waals surface area contributed by atoms with Crippen molar-refractivity contribution in [2.75, 3.05) is 0 Å². The predicted octanol–water partition coefficient (Wildman–Crippen LogP) is 7.47. The number of rotatable bonds is 7. The average Bonchev–Trinajstić information content (AvgIpc) is 3.30. The van der Waals surface area contributed by atoms with Gasteiger partial charge in [-0.3, -0.25) is 4.79 Å². The molecule has 6 rings (SSSR count). The van der Waals surface area contributed by atoms with Gasteiger partial charge < -0.3 is 14.4 Å². The number of pyridine rings is 1. The Morgan fingerprint density at radius 2 is 1.85 bits per heavy atom. The molecule has 0 radical (unpaired) electrons. The Morgan fingerprint density at radius 1 is 1.00 bits per heavy atom. The molecule has 198 valence electrons. The topological polar surface area (TPSA) is 77.2 Å². The number of aliphatic carboxylic acids is 1. The van der Waals surface area contributed by atoms with Crippen LogP contribution in [0.4, 0.5) is 4.39 Å². The van der Waals surface area contributed by atoms with Gasteiger partial charge in [0, 0.05) is 27.4 Å². The van der Waals surface area contributed by atoms with E-state index >= 15 is 0 Å². The molecule has 1 N–H and O–H groups in total. The number of carbonyl (C=O) groups is 1. The van der Waals surface area contributed by atoms with Crippen LogP contribution in [0.2, 0.25) is 0 Å². The van der Waals surface area contributed by atoms with Crippen LogP contribution in [0.25, 0.3) is 21.9 Å². The van der Waals surface area contributed by atoms with Gasteiger partial charge in [0.1, 0.15) is 24.0 Å². The van der Waals surface area contributed by atoms with E-state index < -0.39 is 11.9 Å². The molecule has 6 nitrogen and oxygen atoms in total. The molecule has 2 heterocycles. The van der Waals surface area contributed by atoms with Gasteiger partial charge in [0.05, 0.1) is 34.7 Å². The van der Waals surface area contributed by atoms with Crippen molar-refractivity contribution in [1.29, 1.82) is 0 Å². The van der Waals surface area contributed by atoms with Crippen LogP contribution in [0.1, 0.15) is 48.7 Å². The number of imidazole rings is 1. The molecular weight excluding hydrogens is 561 g/mol. The Labute approximate surface area is 233 Å². The van der Waals surface area contributed by atoms with Crippen LogP contribution < -0.4 is 4.74 Å². The highest BCUT2D eigenvalue weighted by Gasteiger charge is 2.35. The summed E-state index contributed by atoms with van der Waals surface area (Å²) in [5.41, 5.74) is 3.76. The molecule has 1 fully saturated rings. The van der Waals surface area contributed by atoms with E-state index in [1.165, 1.54) is 6.07 Å². The van der Waals surface area contributed by atoms with E-state index in [2.05, 4.69) is 20.9 Å². The molecular formula is C31H27BrFN3O3. The van der Waals surface area contributed by atoms with Crippen molar-refractivity contribution >= 4 is 43.8 Å². The fourth-order valence-corrected chi connectivity index (χ4v) is 5.90. The summed E-state index contributed by atoms with van der Waals surface area (Å²) in [6.45, 7) is 0.562. The Morgan fingerprint density at radius 3 is 2.69 bits per heavy atom. The van der Waals surface area contributed by atoms with Crippen molar-refractivity contribution in [2.45, 2.75) is 44.8 Å². The van der Waals surface area contributed by atoms with Crippen LogP contribution in [0.15, 0.2) is 77.3 Å². The van der Waals surface area contributed by atoms with E-state index in [0.29, 0.717) is 40.2 Å². The summed E-state index contributed by atoms with van der Waals surface area (Å²) in [5, 5.41) is 11.0. The number of hydrogen-bond donors (Lipinski definition) is 1. The Balaban J connectivity index is 1.35. The van der Waals surface area contributed by atoms with Crippen molar-refractivity contribution in [3.63, 3.8) is 0 Å². The highest BCUT2D eigenvalue weighted by Crippen LogP contribution is 2.39. The largest absolute Gasteiger partial charge is 0.487 e. The molecule has 0 unspecified atom stereocenters. The predicted molar refractivity (Wildman–Crippen MR) is 151 cm³/mol. The number of ether oxygens (including phenoxy) is 1. The summed E-state index contributed by atoms with van der Waals surface area (Å²) in [6, 6.07) is 22.6. The highest BCUT2D eigenvalue weighted by atomic mass is 79.9. The molecule has 39 heavy (non-hydrogen) atoms. The Kier molecular flexibility index (Phi) is 7.04. The lowest BCUT2D eigenvalue weighted by molar-refractivity contribution is -0.143. The van der Waals surface area contributed by atoms with E-state index in [4.69, 9.17) is 9.72 Å². The van der Waals surface area contributed by atoms with Gasteiger partial charge in [0.2, 0.25) is 0 Å². The molecule has 0 saturated heterocycles. The van der Waals surface area contributed by atoms with Gasteiger partial charge in [-0.1, -0.05) is 59.1 Å². The lowest BCUT2D eigenvalue weighted by atomic mass is 9.78. The lowest BCUT2D eigenvalue weighted by Crippen LogP contribution is -2.28. The van der Waals surface area contributed by atoms with Crippen LogP contribution in [-0.2, 0) is 17.9 Å². The third-order valence-corrected chi connectivity index (χ3v) is 8.04. The maximum absolute atomic E-state index is 14.9. The van der Waals surface area contributed by atoms with E-state index in [1.54, 1.807) is 6.07 Å². The Bertz CT molecular complexity index is 1690. The number of halogens is 2. The van der Waals surface area contributed by atoms with Crippen LogP contribution in [0.5, 0.6) is 5.75 Å². The van der Waals surface area contributed by atoms with Crippen molar-refractivity contribution in [3.8, 4) is 5.75 Å². The molecule has 2 aromatic heterocycles. The van der Waals surface area contributed by atoms with Crippen molar-refractivity contribution in [2.24, 2.45) is 5.92 Å². The first-order valence-electron chi connectivity index (χ1n) is 13.1. The van der Waals surface area contributed by atoms with E-state index in [0.717, 1.165) is 41.4 Å². The van der Waals surface area contributed by atoms with Gasteiger partial charge in [-0.25, -0.2) is 14.4 Å². The molecule has 0 amide bonds. The first kappa shape index (κ1) is 25.5. The minimum atomic E-state index is -0.806. The smallest absolute Gasteiger partial charge is 0.307 e. The summed E-state index contributed by atoms with van der Waals surface area (Å²) >= 11 is 3.32. The second-order valence-corrected chi connectivity index (χ2v) is 11.0. The normalized spacial score (nSPS) is 17.5. The molecule has 0 bridgehead atoms. The van der Waals surface area contributed by atoms with Crippen LogP contribution in [-0.4, -0.2) is 25.6 Å². The summed E-state index contributed by atoms with van der Waals surface area (Å²) in [5.74, 6) is -0.555. The van der Waals surface area contributed by atoms with Crippen molar-refractivity contribution in [1.82, 2.24) is 14.5 Å². The number of benzene rings is 3. The van der Waals surface area contributed by atoms with E-state index in [-0.39, 0.29) is 18.3 Å². The van der Waals surface area contributed by atoms with Crippen molar-refractivity contribution < 1.29 is 19.0 Å². The minimum Gasteiger partial charge on any atom is -0.487 e. The summed E-state index contributed by atoms with van der Waals surface area (Å²) < 4.78 is 23.6. The molecule has 1 aliphatic carbocycles. The summed E-state index contributed by atoms with van der Waals surface area (Å²) in [7, 11) is 0.